The highest BCUT2D eigenvalue weighted by atomic mass is 16.5. The van der Waals surface area contributed by atoms with Gasteiger partial charge in [0.25, 0.3) is 0 Å². The van der Waals surface area contributed by atoms with Crippen LogP contribution in [0.25, 0.3) is 5.57 Å². The number of hydrogen-bond donors (Lipinski definition) is 1. The van der Waals surface area contributed by atoms with Gasteiger partial charge in [-0.3, -0.25) is 9.59 Å². The topological polar surface area (TPSA) is 63.6 Å². The van der Waals surface area contributed by atoms with Crippen molar-refractivity contribution in [2.24, 2.45) is 11.8 Å². The summed E-state index contributed by atoms with van der Waals surface area (Å²) in [6.07, 6.45) is 2.02. The van der Waals surface area contributed by atoms with E-state index in [2.05, 4.69) is 32.9 Å². The Bertz CT molecular complexity index is 1120. The second kappa shape index (κ2) is 7.70. The van der Waals surface area contributed by atoms with Gasteiger partial charge >= 0.3 is 0 Å². The largest absolute Gasteiger partial charge is 0.511 e. The van der Waals surface area contributed by atoms with Crippen LogP contribution in [0.1, 0.15) is 71.3 Å². The molecule has 2 fully saturated rings. The average Bonchev–Trinajstić information content (AvgIpc) is 3.45. The predicted molar refractivity (Wildman–Crippen MR) is 124 cm³/mol. The maximum absolute atomic E-state index is 13.6. The first-order valence-electron chi connectivity index (χ1n) is 11.7. The van der Waals surface area contributed by atoms with Gasteiger partial charge < -0.3 is 9.84 Å². The van der Waals surface area contributed by atoms with Gasteiger partial charge in [0, 0.05) is 11.5 Å². The molecule has 32 heavy (non-hydrogen) atoms. The minimum Gasteiger partial charge on any atom is -0.511 e. The Hall–Kier alpha value is -2.72. The normalized spacial score (nSPS) is 28.5. The zero-order valence-corrected chi connectivity index (χ0v) is 19.1. The number of carbonyl (C=O) groups is 2. The Kier molecular flexibility index (Phi) is 5.09. The number of ketones is 2. The molecule has 3 aliphatic rings. The molecule has 2 heterocycles. The fourth-order valence-corrected chi connectivity index (χ4v) is 6.22. The van der Waals surface area contributed by atoms with E-state index in [4.69, 9.17) is 4.74 Å². The maximum Gasteiger partial charge on any atom is 0.173 e. The highest BCUT2D eigenvalue weighted by molar-refractivity contribution is 6.26. The van der Waals surface area contributed by atoms with Gasteiger partial charge in [-0.2, -0.15) is 0 Å². The monoisotopic (exact) mass is 430 g/mol. The van der Waals surface area contributed by atoms with Crippen molar-refractivity contribution in [3.05, 3.63) is 75.5 Å². The van der Waals surface area contributed by atoms with Gasteiger partial charge in [-0.1, -0.05) is 55.8 Å². The first-order valence-corrected chi connectivity index (χ1v) is 11.7. The van der Waals surface area contributed by atoms with Crippen LogP contribution >= 0.6 is 0 Å². The van der Waals surface area contributed by atoms with Crippen molar-refractivity contribution in [1.29, 1.82) is 0 Å². The van der Waals surface area contributed by atoms with Crippen molar-refractivity contribution < 1.29 is 19.4 Å². The summed E-state index contributed by atoms with van der Waals surface area (Å²) < 4.78 is 6.26. The van der Waals surface area contributed by atoms with Gasteiger partial charge in [0.1, 0.15) is 5.76 Å². The second-order valence-electron chi connectivity index (χ2n) is 9.50. The van der Waals surface area contributed by atoms with Crippen LogP contribution in [0.4, 0.5) is 0 Å². The minimum absolute atomic E-state index is 0.0404. The number of Topliss-reactive ketones (excluding diaryl/α,β-unsaturated/α-hetero) is 2. The van der Waals surface area contributed by atoms with Gasteiger partial charge in [0.2, 0.25) is 0 Å². The van der Waals surface area contributed by atoms with Crippen LogP contribution in [-0.4, -0.2) is 28.9 Å². The van der Waals surface area contributed by atoms with E-state index in [9.17, 15) is 14.7 Å². The Morgan fingerprint density at radius 3 is 2.25 bits per heavy atom. The van der Waals surface area contributed by atoms with Crippen molar-refractivity contribution in [3.63, 3.8) is 0 Å². The van der Waals surface area contributed by atoms with E-state index in [1.165, 1.54) is 5.56 Å². The molecule has 0 unspecified atom stereocenters. The average molecular weight is 431 g/mol. The zero-order chi connectivity index (χ0) is 22.7. The summed E-state index contributed by atoms with van der Waals surface area (Å²) >= 11 is 0. The summed E-state index contributed by atoms with van der Waals surface area (Å²) in [4.78, 5) is 25.3. The number of benzene rings is 2. The number of carbonyl (C=O) groups excluding carboxylic acids is 2. The first-order chi connectivity index (χ1) is 15.3. The Labute approximate surface area is 189 Å². The highest BCUT2D eigenvalue weighted by Gasteiger charge is 2.62. The van der Waals surface area contributed by atoms with E-state index in [1.807, 2.05) is 24.3 Å². The molecule has 1 aliphatic carbocycles. The fourth-order valence-electron chi connectivity index (χ4n) is 6.22. The third-order valence-corrected chi connectivity index (χ3v) is 7.68. The van der Waals surface area contributed by atoms with Crippen LogP contribution in [-0.2, 0) is 22.4 Å². The van der Waals surface area contributed by atoms with E-state index in [0.717, 1.165) is 41.5 Å². The zero-order valence-electron chi connectivity index (χ0n) is 19.1. The lowest BCUT2D eigenvalue weighted by Crippen LogP contribution is -2.33. The van der Waals surface area contributed by atoms with Crippen LogP contribution in [0.5, 0.6) is 0 Å². The lowest BCUT2D eigenvalue weighted by molar-refractivity contribution is -0.118. The fraction of sp³-hybridized carbons (Fsp3) is 0.429. The van der Waals surface area contributed by atoms with Crippen LogP contribution in [0.3, 0.4) is 0 Å². The molecule has 0 spiro atoms. The molecule has 4 nitrogen and oxygen atoms in total. The molecule has 166 valence electrons. The summed E-state index contributed by atoms with van der Waals surface area (Å²) in [6, 6.07) is 12.0. The first kappa shape index (κ1) is 21.1. The van der Waals surface area contributed by atoms with E-state index in [-0.39, 0.29) is 47.3 Å². The molecule has 2 bridgehead atoms. The van der Waals surface area contributed by atoms with E-state index in [0.29, 0.717) is 11.1 Å². The molecule has 5 atom stereocenters. The molecule has 4 heteroatoms. The number of rotatable bonds is 5. The van der Waals surface area contributed by atoms with Gasteiger partial charge in [-0.05, 0) is 55.4 Å². The number of aliphatic hydroxyl groups is 1. The van der Waals surface area contributed by atoms with Crippen molar-refractivity contribution in [1.82, 2.24) is 0 Å². The molecule has 0 radical (unpaired) electrons. The number of fused-ring (bicyclic) bond motifs is 5. The Balaban J connectivity index is 1.55. The highest BCUT2D eigenvalue weighted by Crippen LogP contribution is 2.58. The van der Waals surface area contributed by atoms with Crippen molar-refractivity contribution in [3.8, 4) is 0 Å². The van der Waals surface area contributed by atoms with Crippen molar-refractivity contribution >= 4 is 17.1 Å². The Morgan fingerprint density at radius 2 is 1.69 bits per heavy atom. The van der Waals surface area contributed by atoms with E-state index < -0.39 is 0 Å². The number of ether oxygens (including phenoxy) is 1. The number of hydrogen-bond acceptors (Lipinski definition) is 4. The molecule has 2 aliphatic heterocycles. The summed E-state index contributed by atoms with van der Waals surface area (Å²) in [6.45, 7) is 7.85. The van der Waals surface area contributed by atoms with Crippen molar-refractivity contribution in [2.75, 3.05) is 0 Å². The third kappa shape index (κ3) is 3.00. The summed E-state index contributed by atoms with van der Waals surface area (Å²) in [5.41, 5.74) is 6.70. The number of aliphatic hydroxyl groups excluding tert-OH is 1. The molecule has 2 aromatic rings. The SMILES string of the molecule is CCc1cc(C)cc(CC)c1C1=C(O)[C@@H]2[C@@H]3O[C@@H](C[C@H]3c3ccc(C(C)=O)cc3)[C@@H]2C1=O. The molecule has 0 aromatic heterocycles. The van der Waals surface area contributed by atoms with Crippen LogP contribution in [0, 0.1) is 18.8 Å². The lowest BCUT2D eigenvalue weighted by Gasteiger charge is -2.27. The molecule has 5 rings (SSSR count). The molecular formula is C28H30O4. The smallest absolute Gasteiger partial charge is 0.173 e. The summed E-state index contributed by atoms with van der Waals surface area (Å²) in [7, 11) is 0. The second-order valence-corrected chi connectivity index (χ2v) is 9.50. The number of aryl methyl sites for hydroxylation is 3. The van der Waals surface area contributed by atoms with Crippen LogP contribution in [0.2, 0.25) is 0 Å². The number of allylic oxidation sites excluding steroid dienone is 1. The van der Waals surface area contributed by atoms with Gasteiger partial charge in [0.05, 0.1) is 29.6 Å². The van der Waals surface area contributed by atoms with Gasteiger partial charge in [-0.25, -0.2) is 0 Å². The molecule has 0 saturated carbocycles. The van der Waals surface area contributed by atoms with Gasteiger partial charge in [-0.15, -0.1) is 0 Å². The van der Waals surface area contributed by atoms with Crippen LogP contribution in [0.15, 0.2) is 42.2 Å². The van der Waals surface area contributed by atoms with Crippen molar-refractivity contribution in [2.45, 2.75) is 65.1 Å². The predicted octanol–water partition coefficient (Wildman–Crippen LogP) is 5.36. The van der Waals surface area contributed by atoms with E-state index >= 15 is 0 Å². The quantitative estimate of drug-likeness (QED) is 0.649. The Morgan fingerprint density at radius 1 is 1.06 bits per heavy atom. The van der Waals surface area contributed by atoms with Gasteiger partial charge in [0.15, 0.2) is 11.6 Å². The maximum atomic E-state index is 13.6. The molecule has 1 N–H and O–H groups in total. The molecule has 2 saturated heterocycles. The third-order valence-electron chi connectivity index (χ3n) is 7.68. The summed E-state index contributed by atoms with van der Waals surface area (Å²) in [5.74, 6) is -0.165. The standard InChI is InChI=1S/C28H30O4/c1-5-16-11-14(3)12-17(6-2)22(16)24-26(30)23-21-13-20(28(32-21)25(23)27(24)31)19-9-7-18(8-10-19)15(4)29/h7-12,20-21,23,25,28,31H,5-6,13H2,1-4H3/t20-,21-,23-,25+,28+/m0/s1. The lowest BCUT2D eigenvalue weighted by atomic mass is 9.72. The molecular weight excluding hydrogens is 400 g/mol. The molecule has 0 amide bonds. The summed E-state index contributed by atoms with van der Waals surface area (Å²) in [5, 5.41) is 11.4. The minimum atomic E-state index is -0.293. The van der Waals surface area contributed by atoms with Crippen LogP contribution < -0.4 is 0 Å². The molecule has 2 aromatic carbocycles. The van der Waals surface area contributed by atoms with E-state index in [1.54, 1.807) is 6.92 Å².